The molecule has 0 fully saturated rings. The van der Waals surface area contributed by atoms with Crippen molar-refractivity contribution in [1.29, 1.82) is 0 Å². The van der Waals surface area contributed by atoms with Gasteiger partial charge in [0.1, 0.15) is 0 Å². The van der Waals surface area contributed by atoms with Gasteiger partial charge in [0.25, 0.3) is 0 Å². The fourth-order valence-electron chi connectivity index (χ4n) is 2.40. The Labute approximate surface area is 145 Å². The van der Waals surface area contributed by atoms with Crippen molar-refractivity contribution in [3.8, 4) is 0 Å². The summed E-state index contributed by atoms with van der Waals surface area (Å²) in [6, 6.07) is 7.89. The number of carbonyl (C=O) groups excluding carboxylic acids is 1. The van der Waals surface area contributed by atoms with Gasteiger partial charge in [0, 0.05) is 18.1 Å². The number of hydrogen-bond acceptors (Lipinski definition) is 3. The SMILES string of the molecule is Cc1nn(C)c(C)c1NC(=O)[C@H](C)N(C)Cc1ccc(Br)cc1. The van der Waals surface area contributed by atoms with Gasteiger partial charge in [0.15, 0.2) is 0 Å². The van der Waals surface area contributed by atoms with Crippen LogP contribution in [0.15, 0.2) is 28.7 Å². The minimum Gasteiger partial charge on any atom is -0.322 e. The minimum absolute atomic E-state index is 0.0242. The smallest absolute Gasteiger partial charge is 0.241 e. The summed E-state index contributed by atoms with van der Waals surface area (Å²) >= 11 is 3.43. The molecule has 124 valence electrons. The average Bonchev–Trinajstić information content (AvgIpc) is 2.75. The van der Waals surface area contributed by atoms with Crippen molar-refractivity contribution >= 4 is 27.5 Å². The number of nitrogens with one attached hydrogen (secondary N) is 1. The van der Waals surface area contributed by atoms with E-state index in [-0.39, 0.29) is 11.9 Å². The molecular formula is C17H23BrN4O. The lowest BCUT2D eigenvalue weighted by Gasteiger charge is -2.24. The quantitative estimate of drug-likeness (QED) is 0.868. The number of amides is 1. The lowest BCUT2D eigenvalue weighted by atomic mass is 10.2. The lowest BCUT2D eigenvalue weighted by Crippen LogP contribution is -2.39. The number of likely N-dealkylation sites (N-methyl/N-ethyl adjacent to an activating group) is 1. The van der Waals surface area contributed by atoms with Crippen molar-refractivity contribution in [2.75, 3.05) is 12.4 Å². The molecule has 1 atom stereocenters. The second kappa shape index (κ2) is 7.27. The maximum Gasteiger partial charge on any atom is 0.241 e. The van der Waals surface area contributed by atoms with E-state index in [0.29, 0.717) is 6.54 Å². The highest BCUT2D eigenvalue weighted by Gasteiger charge is 2.21. The van der Waals surface area contributed by atoms with Gasteiger partial charge in [-0.25, -0.2) is 0 Å². The number of aromatic nitrogens is 2. The third-order valence-corrected chi connectivity index (χ3v) is 4.67. The first-order valence-corrected chi connectivity index (χ1v) is 8.34. The predicted molar refractivity (Wildman–Crippen MR) is 96.4 cm³/mol. The summed E-state index contributed by atoms with van der Waals surface area (Å²) in [5.41, 5.74) is 3.77. The zero-order valence-electron chi connectivity index (χ0n) is 14.2. The Morgan fingerprint density at radius 1 is 1.35 bits per heavy atom. The molecule has 23 heavy (non-hydrogen) atoms. The van der Waals surface area contributed by atoms with Gasteiger partial charge in [0.05, 0.1) is 23.1 Å². The van der Waals surface area contributed by atoms with Crippen LogP contribution in [0, 0.1) is 13.8 Å². The fraction of sp³-hybridized carbons (Fsp3) is 0.412. The fourth-order valence-corrected chi connectivity index (χ4v) is 2.66. The summed E-state index contributed by atoms with van der Waals surface area (Å²) in [5.74, 6) is -0.0242. The van der Waals surface area contributed by atoms with Crippen LogP contribution in [0.25, 0.3) is 0 Å². The number of rotatable bonds is 5. The van der Waals surface area contributed by atoms with Crippen LogP contribution >= 0.6 is 15.9 Å². The normalized spacial score (nSPS) is 12.5. The largest absolute Gasteiger partial charge is 0.322 e. The maximum absolute atomic E-state index is 12.5. The van der Waals surface area contributed by atoms with E-state index in [2.05, 4.69) is 38.5 Å². The molecule has 0 unspecified atom stereocenters. The Morgan fingerprint density at radius 3 is 2.48 bits per heavy atom. The minimum atomic E-state index is -0.238. The molecule has 0 aliphatic rings. The van der Waals surface area contributed by atoms with Gasteiger partial charge in [-0.05, 0) is 45.5 Å². The second-order valence-electron chi connectivity index (χ2n) is 5.88. The molecule has 0 radical (unpaired) electrons. The molecule has 1 N–H and O–H groups in total. The van der Waals surface area contributed by atoms with Crippen LogP contribution in [0.3, 0.4) is 0 Å². The monoisotopic (exact) mass is 378 g/mol. The number of aryl methyl sites for hydroxylation is 2. The molecule has 0 bridgehead atoms. The molecule has 0 aliphatic heterocycles. The predicted octanol–water partition coefficient (Wildman–Crippen LogP) is 3.26. The van der Waals surface area contributed by atoms with E-state index in [4.69, 9.17) is 0 Å². The second-order valence-corrected chi connectivity index (χ2v) is 6.79. The Hall–Kier alpha value is -1.66. The number of hydrogen-bond donors (Lipinski definition) is 1. The molecule has 0 spiro atoms. The number of benzene rings is 1. The van der Waals surface area contributed by atoms with E-state index in [1.165, 1.54) is 5.56 Å². The van der Waals surface area contributed by atoms with E-state index >= 15 is 0 Å². The van der Waals surface area contributed by atoms with Crippen molar-refractivity contribution < 1.29 is 4.79 Å². The van der Waals surface area contributed by atoms with Crippen LogP contribution < -0.4 is 5.32 Å². The molecule has 2 rings (SSSR count). The van der Waals surface area contributed by atoms with Gasteiger partial charge in [0.2, 0.25) is 5.91 Å². The summed E-state index contributed by atoms with van der Waals surface area (Å²) in [5, 5.41) is 7.33. The molecule has 0 saturated carbocycles. The number of carbonyl (C=O) groups is 1. The van der Waals surface area contributed by atoms with E-state index in [1.54, 1.807) is 4.68 Å². The molecule has 0 aliphatic carbocycles. The highest BCUT2D eigenvalue weighted by molar-refractivity contribution is 9.10. The van der Waals surface area contributed by atoms with Gasteiger partial charge < -0.3 is 5.32 Å². The molecule has 6 heteroatoms. The summed E-state index contributed by atoms with van der Waals surface area (Å²) in [6.45, 7) is 6.48. The van der Waals surface area contributed by atoms with E-state index < -0.39 is 0 Å². The molecule has 0 saturated heterocycles. The first-order valence-electron chi connectivity index (χ1n) is 7.55. The van der Waals surface area contributed by atoms with Gasteiger partial charge in [-0.15, -0.1) is 0 Å². The molecule has 1 aromatic carbocycles. The molecule has 2 aromatic rings. The van der Waals surface area contributed by atoms with Gasteiger partial charge in [-0.3, -0.25) is 14.4 Å². The van der Waals surface area contributed by atoms with Crippen LogP contribution in [0.5, 0.6) is 0 Å². The lowest BCUT2D eigenvalue weighted by molar-refractivity contribution is -0.120. The standard InChI is InChI=1S/C17H23BrN4O/c1-11-16(12(2)22(5)20-11)19-17(23)13(3)21(4)10-14-6-8-15(18)9-7-14/h6-9,13H,10H2,1-5H3,(H,19,23)/t13-/m0/s1. The zero-order valence-corrected chi connectivity index (χ0v) is 15.8. The molecular weight excluding hydrogens is 356 g/mol. The van der Waals surface area contributed by atoms with Gasteiger partial charge >= 0.3 is 0 Å². The van der Waals surface area contributed by atoms with Gasteiger partial charge in [-0.2, -0.15) is 5.10 Å². The van der Waals surface area contributed by atoms with Crippen molar-refractivity contribution in [2.24, 2.45) is 7.05 Å². The highest BCUT2D eigenvalue weighted by atomic mass is 79.9. The first kappa shape index (κ1) is 17.7. The van der Waals surface area contributed by atoms with Crippen LogP contribution in [-0.2, 0) is 18.4 Å². The Kier molecular flexibility index (Phi) is 5.59. The number of nitrogens with zero attached hydrogens (tertiary/aromatic N) is 3. The zero-order chi connectivity index (χ0) is 17.1. The van der Waals surface area contributed by atoms with E-state index in [9.17, 15) is 4.79 Å². The van der Waals surface area contributed by atoms with Crippen LogP contribution in [0.1, 0.15) is 23.9 Å². The first-order chi connectivity index (χ1) is 10.8. The molecule has 1 heterocycles. The van der Waals surface area contributed by atoms with E-state index in [1.807, 2.05) is 51.9 Å². The third kappa shape index (κ3) is 4.20. The number of halogens is 1. The molecule has 5 nitrogen and oxygen atoms in total. The van der Waals surface area contributed by atoms with Crippen molar-refractivity contribution in [1.82, 2.24) is 14.7 Å². The maximum atomic E-state index is 12.5. The summed E-state index contributed by atoms with van der Waals surface area (Å²) in [6.07, 6.45) is 0. The van der Waals surface area contributed by atoms with Crippen LogP contribution in [0.4, 0.5) is 5.69 Å². The Balaban J connectivity index is 2.02. The Bertz CT molecular complexity index is 693. The van der Waals surface area contributed by atoms with Gasteiger partial charge in [-0.1, -0.05) is 28.1 Å². The molecule has 1 amide bonds. The van der Waals surface area contributed by atoms with Crippen molar-refractivity contribution in [2.45, 2.75) is 33.4 Å². The summed E-state index contributed by atoms with van der Waals surface area (Å²) in [4.78, 5) is 14.5. The van der Waals surface area contributed by atoms with Crippen molar-refractivity contribution in [3.05, 3.63) is 45.7 Å². The van der Waals surface area contributed by atoms with Crippen LogP contribution in [0.2, 0.25) is 0 Å². The summed E-state index contributed by atoms with van der Waals surface area (Å²) < 4.78 is 2.83. The molecule has 1 aromatic heterocycles. The van der Waals surface area contributed by atoms with E-state index in [0.717, 1.165) is 21.5 Å². The highest BCUT2D eigenvalue weighted by Crippen LogP contribution is 2.19. The average molecular weight is 379 g/mol. The third-order valence-electron chi connectivity index (χ3n) is 4.14. The van der Waals surface area contributed by atoms with Crippen molar-refractivity contribution in [3.63, 3.8) is 0 Å². The number of anilines is 1. The van der Waals surface area contributed by atoms with Crippen LogP contribution in [-0.4, -0.2) is 33.7 Å². The Morgan fingerprint density at radius 2 is 1.96 bits per heavy atom. The topological polar surface area (TPSA) is 50.2 Å². The summed E-state index contributed by atoms with van der Waals surface area (Å²) in [7, 11) is 3.83.